The maximum atomic E-state index is 12.2. The van der Waals surface area contributed by atoms with Gasteiger partial charge in [0.2, 0.25) is 0 Å². The van der Waals surface area contributed by atoms with Crippen molar-refractivity contribution in [3.05, 3.63) is 48.5 Å². The minimum atomic E-state index is -0.955. The van der Waals surface area contributed by atoms with Crippen LogP contribution in [0.25, 0.3) is 0 Å². The van der Waals surface area contributed by atoms with Crippen LogP contribution in [0.5, 0.6) is 0 Å². The second-order valence-corrected chi connectivity index (χ2v) is 5.77. The number of hydrogen-bond acceptors (Lipinski definition) is 7. The van der Waals surface area contributed by atoms with Crippen molar-refractivity contribution < 1.29 is 19.1 Å². The molecule has 136 valence electrons. The van der Waals surface area contributed by atoms with Gasteiger partial charge < -0.3 is 19.7 Å². The number of esters is 1. The Kier molecular flexibility index (Phi) is 5.75. The van der Waals surface area contributed by atoms with E-state index in [9.17, 15) is 9.59 Å². The van der Waals surface area contributed by atoms with Crippen LogP contribution in [0.15, 0.2) is 42.9 Å². The third-order valence-corrected chi connectivity index (χ3v) is 3.94. The van der Waals surface area contributed by atoms with Gasteiger partial charge in [-0.2, -0.15) is 0 Å². The van der Waals surface area contributed by atoms with Gasteiger partial charge in [0.1, 0.15) is 0 Å². The van der Waals surface area contributed by atoms with Gasteiger partial charge in [0.05, 0.1) is 19.4 Å². The number of ether oxygens (including phenoxy) is 2. The lowest BCUT2D eigenvalue weighted by molar-refractivity contribution is -0.123. The number of carbonyl (C=O) groups excluding carboxylic acids is 2. The average Bonchev–Trinajstić information content (AvgIpc) is 2.70. The van der Waals surface area contributed by atoms with Crippen molar-refractivity contribution >= 4 is 23.3 Å². The Bertz CT molecular complexity index is 746. The molecule has 1 aromatic carbocycles. The summed E-state index contributed by atoms with van der Waals surface area (Å²) in [5.74, 6) is -1.11. The molecule has 1 atom stereocenters. The lowest BCUT2D eigenvalue weighted by atomic mass is 10.2. The minimum Gasteiger partial charge on any atom is -0.448 e. The molecule has 8 nitrogen and oxygen atoms in total. The number of carbonyl (C=O) groups is 2. The second kappa shape index (κ2) is 8.39. The molecule has 8 heteroatoms. The Balaban J connectivity index is 1.54. The minimum absolute atomic E-state index is 0.0574. The number of amides is 1. The molecule has 2 aromatic rings. The molecule has 1 fully saturated rings. The van der Waals surface area contributed by atoms with E-state index in [-0.39, 0.29) is 5.69 Å². The molecule has 1 aliphatic heterocycles. The van der Waals surface area contributed by atoms with Crippen LogP contribution in [-0.2, 0) is 14.3 Å². The monoisotopic (exact) mass is 356 g/mol. The van der Waals surface area contributed by atoms with Gasteiger partial charge in [-0.1, -0.05) is 0 Å². The molecular weight excluding hydrogens is 336 g/mol. The molecule has 2 heterocycles. The number of hydrogen-bond donors (Lipinski definition) is 1. The first kappa shape index (κ1) is 17.8. The number of nitrogens with one attached hydrogen (secondary N) is 1. The first-order valence-corrected chi connectivity index (χ1v) is 8.34. The highest BCUT2D eigenvalue weighted by atomic mass is 16.5. The van der Waals surface area contributed by atoms with Crippen molar-refractivity contribution in [3.8, 4) is 0 Å². The fraction of sp³-hybridized carbons (Fsp3) is 0.333. The zero-order valence-corrected chi connectivity index (χ0v) is 14.4. The van der Waals surface area contributed by atoms with Crippen LogP contribution in [-0.4, -0.2) is 54.3 Å². The Labute approximate surface area is 151 Å². The molecule has 0 saturated carbocycles. The van der Waals surface area contributed by atoms with E-state index in [0.29, 0.717) is 18.9 Å². The summed E-state index contributed by atoms with van der Waals surface area (Å²) in [7, 11) is 0. The molecule has 0 aliphatic carbocycles. The maximum Gasteiger partial charge on any atom is 0.359 e. The van der Waals surface area contributed by atoms with E-state index >= 15 is 0 Å². The van der Waals surface area contributed by atoms with Crippen molar-refractivity contribution in [1.82, 2.24) is 9.97 Å². The fourth-order valence-electron chi connectivity index (χ4n) is 2.50. The summed E-state index contributed by atoms with van der Waals surface area (Å²) < 4.78 is 10.5. The van der Waals surface area contributed by atoms with Gasteiger partial charge in [0.15, 0.2) is 11.8 Å². The zero-order chi connectivity index (χ0) is 18.4. The van der Waals surface area contributed by atoms with E-state index in [1.807, 2.05) is 24.3 Å². The van der Waals surface area contributed by atoms with Crippen molar-refractivity contribution in [2.75, 3.05) is 36.5 Å². The SMILES string of the molecule is C[C@H](OC(=O)c1cnccn1)C(=O)Nc1ccc(N2CCOCC2)cc1. The Morgan fingerprint density at radius 1 is 1.19 bits per heavy atom. The summed E-state index contributed by atoms with van der Waals surface area (Å²) in [6, 6.07) is 7.52. The third kappa shape index (κ3) is 4.54. The number of rotatable bonds is 5. The largest absolute Gasteiger partial charge is 0.448 e. The molecule has 3 rings (SSSR count). The van der Waals surface area contributed by atoms with Gasteiger partial charge >= 0.3 is 5.97 Å². The molecule has 26 heavy (non-hydrogen) atoms. The van der Waals surface area contributed by atoms with Crippen LogP contribution in [0.2, 0.25) is 0 Å². The van der Waals surface area contributed by atoms with E-state index in [2.05, 4.69) is 20.2 Å². The Morgan fingerprint density at radius 3 is 2.58 bits per heavy atom. The Morgan fingerprint density at radius 2 is 1.92 bits per heavy atom. The lowest BCUT2D eigenvalue weighted by Gasteiger charge is -2.28. The number of benzene rings is 1. The molecule has 1 amide bonds. The van der Waals surface area contributed by atoms with Crippen molar-refractivity contribution in [2.24, 2.45) is 0 Å². The smallest absolute Gasteiger partial charge is 0.359 e. The molecule has 1 aliphatic rings. The van der Waals surface area contributed by atoms with Gasteiger partial charge in [-0.15, -0.1) is 0 Å². The first-order chi connectivity index (χ1) is 12.6. The predicted octanol–water partition coefficient (Wildman–Crippen LogP) is 1.50. The summed E-state index contributed by atoms with van der Waals surface area (Å²) in [5, 5.41) is 2.73. The molecule has 1 aromatic heterocycles. The molecular formula is C18H20N4O4. The highest BCUT2D eigenvalue weighted by molar-refractivity contribution is 5.96. The summed E-state index contributed by atoms with van der Waals surface area (Å²) >= 11 is 0. The molecule has 0 radical (unpaired) electrons. The molecule has 0 unspecified atom stereocenters. The van der Waals surface area contributed by atoms with E-state index in [1.54, 1.807) is 0 Å². The maximum absolute atomic E-state index is 12.2. The standard InChI is InChI=1S/C18H20N4O4/c1-13(26-18(24)16-12-19-6-7-20-16)17(23)21-14-2-4-15(5-3-14)22-8-10-25-11-9-22/h2-7,12-13H,8-11H2,1H3,(H,21,23)/t13-/m0/s1. The van der Waals surface area contributed by atoms with Gasteiger partial charge in [0, 0.05) is 36.9 Å². The van der Waals surface area contributed by atoms with Gasteiger partial charge in [-0.05, 0) is 31.2 Å². The number of anilines is 2. The highest BCUT2D eigenvalue weighted by Crippen LogP contribution is 2.19. The predicted molar refractivity (Wildman–Crippen MR) is 95.0 cm³/mol. The molecule has 0 spiro atoms. The van der Waals surface area contributed by atoms with Crippen LogP contribution >= 0.6 is 0 Å². The number of morpholine rings is 1. The average molecular weight is 356 g/mol. The van der Waals surface area contributed by atoms with E-state index in [0.717, 1.165) is 18.8 Å². The summed E-state index contributed by atoms with van der Waals surface area (Å²) in [6.45, 7) is 4.63. The molecule has 1 N–H and O–H groups in total. The van der Waals surface area contributed by atoms with Crippen LogP contribution < -0.4 is 10.2 Å². The summed E-state index contributed by atoms with van der Waals surface area (Å²) in [4.78, 5) is 34.0. The van der Waals surface area contributed by atoms with Crippen LogP contribution in [0, 0.1) is 0 Å². The van der Waals surface area contributed by atoms with Crippen LogP contribution in [0.1, 0.15) is 17.4 Å². The quantitative estimate of drug-likeness (QED) is 0.811. The van der Waals surface area contributed by atoms with E-state index in [4.69, 9.17) is 9.47 Å². The Hall–Kier alpha value is -3.00. The van der Waals surface area contributed by atoms with Crippen LogP contribution in [0.3, 0.4) is 0 Å². The number of aromatic nitrogens is 2. The second-order valence-electron chi connectivity index (χ2n) is 5.77. The summed E-state index contributed by atoms with van der Waals surface area (Å²) in [6.07, 6.45) is 3.17. The lowest BCUT2D eigenvalue weighted by Crippen LogP contribution is -2.36. The zero-order valence-electron chi connectivity index (χ0n) is 14.4. The molecule has 1 saturated heterocycles. The van der Waals surface area contributed by atoms with Gasteiger partial charge in [-0.3, -0.25) is 9.78 Å². The first-order valence-electron chi connectivity index (χ1n) is 8.34. The van der Waals surface area contributed by atoms with Gasteiger partial charge in [0.25, 0.3) is 5.91 Å². The molecule has 0 bridgehead atoms. The third-order valence-electron chi connectivity index (χ3n) is 3.94. The van der Waals surface area contributed by atoms with E-state index in [1.165, 1.54) is 25.5 Å². The topological polar surface area (TPSA) is 93.7 Å². The normalized spacial score (nSPS) is 15.2. The highest BCUT2D eigenvalue weighted by Gasteiger charge is 2.20. The van der Waals surface area contributed by atoms with Crippen molar-refractivity contribution in [2.45, 2.75) is 13.0 Å². The van der Waals surface area contributed by atoms with Crippen molar-refractivity contribution in [3.63, 3.8) is 0 Å². The van der Waals surface area contributed by atoms with Crippen LogP contribution in [0.4, 0.5) is 11.4 Å². The fourth-order valence-corrected chi connectivity index (χ4v) is 2.50. The van der Waals surface area contributed by atoms with E-state index < -0.39 is 18.0 Å². The number of nitrogens with zero attached hydrogens (tertiary/aromatic N) is 3. The van der Waals surface area contributed by atoms with Gasteiger partial charge in [-0.25, -0.2) is 9.78 Å². The van der Waals surface area contributed by atoms with Crippen molar-refractivity contribution in [1.29, 1.82) is 0 Å². The summed E-state index contributed by atoms with van der Waals surface area (Å²) in [5.41, 5.74) is 1.77.